The van der Waals surface area contributed by atoms with Gasteiger partial charge in [0.1, 0.15) is 0 Å². The van der Waals surface area contributed by atoms with E-state index in [4.69, 9.17) is 0 Å². The van der Waals surface area contributed by atoms with E-state index in [0.717, 1.165) is 41.4 Å². The molecule has 29 heavy (non-hydrogen) atoms. The second kappa shape index (κ2) is 6.73. The molecule has 0 unspecified atom stereocenters. The minimum Gasteiger partial charge on any atom is -0.392 e. The van der Waals surface area contributed by atoms with Crippen LogP contribution in [-0.2, 0) is 0 Å². The molecule has 11 atom stereocenters. The highest BCUT2D eigenvalue weighted by Gasteiger charge is 2.78. The number of fused-ring (bicyclic) bond motifs is 4. The normalized spacial score (nSPS) is 56.5. The van der Waals surface area contributed by atoms with Gasteiger partial charge in [0.15, 0.2) is 0 Å². The van der Waals surface area contributed by atoms with Gasteiger partial charge < -0.3 is 5.11 Å². The van der Waals surface area contributed by atoms with E-state index in [9.17, 15) is 5.11 Å². The van der Waals surface area contributed by atoms with E-state index in [1.807, 2.05) is 0 Å². The van der Waals surface area contributed by atoms with E-state index >= 15 is 0 Å². The van der Waals surface area contributed by atoms with Gasteiger partial charge in [0.2, 0.25) is 0 Å². The zero-order valence-electron chi connectivity index (χ0n) is 20.2. The molecule has 5 aliphatic carbocycles. The second-order valence-corrected chi connectivity index (χ2v) is 13.5. The predicted octanol–water partition coefficient (Wildman–Crippen LogP) is 7.32. The van der Waals surface area contributed by atoms with Crippen molar-refractivity contribution in [2.75, 3.05) is 0 Å². The lowest BCUT2D eigenvalue weighted by Gasteiger charge is -2.62. The van der Waals surface area contributed by atoms with E-state index in [1.165, 1.54) is 64.2 Å². The Hall–Kier alpha value is -0.0400. The van der Waals surface area contributed by atoms with Crippen molar-refractivity contribution in [3.63, 3.8) is 0 Å². The first kappa shape index (κ1) is 20.8. The first-order valence-electron chi connectivity index (χ1n) is 13.3. The Morgan fingerprint density at radius 2 is 1.69 bits per heavy atom. The minimum absolute atomic E-state index is 0.0221. The zero-order chi connectivity index (χ0) is 20.8. The van der Waals surface area contributed by atoms with E-state index in [1.54, 1.807) is 0 Å². The van der Waals surface area contributed by atoms with Crippen LogP contribution >= 0.6 is 0 Å². The van der Waals surface area contributed by atoms with Gasteiger partial charge in [-0.3, -0.25) is 0 Å². The Morgan fingerprint density at radius 1 is 0.931 bits per heavy atom. The third-order valence-electron chi connectivity index (χ3n) is 12.2. The summed E-state index contributed by atoms with van der Waals surface area (Å²) in [6, 6.07) is 0. The fraction of sp³-hybridized carbons (Fsp3) is 1.00. The van der Waals surface area contributed by atoms with Gasteiger partial charge in [-0.05, 0) is 103 Å². The van der Waals surface area contributed by atoms with Gasteiger partial charge in [-0.15, -0.1) is 0 Å². The van der Waals surface area contributed by atoms with Gasteiger partial charge in [0.25, 0.3) is 0 Å². The summed E-state index contributed by atoms with van der Waals surface area (Å²) >= 11 is 0. The van der Waals surface area contributed by atoms with Crippen molar-refractivity contribution in [1.82, 2.24) is 0 Å². The van der Waals surface area contributed by atoms with Crippen LogP contribution in [0.4, 0.5) is 0 Å². The maximum absolute atomic E-state index is 11.6. The van der Waals surface area contributed by atoms with Crippen LogP contribution in [-0.4, -0.2) is 11.2 Å². The molecule has 0 bridgehead atoms. The Bertz CT molecular complexity index is 640. The molecule has 0 amide bonds. The summed E-state index contributed by atoms with van der Waals surface area (Å²) in [5.41, 5.74) is 1.30. The van der Waals surface area contributed by atoms with Crippen LogP contribution in [0.3, 0.4) is 0 Å². The third kappa shape index (κ3) is 2.61. The smallest absolute Gasteiger partial charge is 0.0632 e. The SMILES string of the molecule is CC(C)CCC[C@@H](C)[C@H]1CC[C@H]2[C@@H]3[C@H](C)[C@H](O)[C@]45C[C@@H]4CC[C@]5(C)[C@H]3CC[C@]12C. The van der Waals surface area contributed by atoms with Crippen LogP contribution < -0.4 is 0 Å². The van der Waals surface area contributed by atoms with E-state index in [-0.39, 0.29) is 6.10 Å². The lowest BCUT2D eigenvalue weighted by atomic mass is 9.43. The highest BCUT2D eigenvalue weighted by atomic mass is 16.3. The molecule has 0 aliphatic heterocycles. The van der Waals surface area contributed by atoms with Crippen LogP contribution in [0.5, 0.6) is 0 Å². The Morgan fingerprint density at radius 3 is 2.38 bits per heavy atom. The van der Waals surface area contributed by atoms with Gasteiger partial charge in [0.05, 0.1) is 6.10 Å². The van der Waals surface area contributed by atoms with Crippen LogP contribution in [0.1, 0.15) is 106 Å². The highest BCUT2D eigenvalue weighted by Crippen LogP contribution is 2.82. The molecule has 5 aliphatic rings. The average Bonchev–Trinajstić information content (AvgIpc) is 3.19. The molecule has 5 rings (SSSR count). The summed E-state index contributed by atoms with van der Waals surface area (Å²) in [5, 5.41) is 11.6. The molecule has 5 fully saturated rings. The highest BCUT2D eigenvalue weighted by molar-refractivity contribution is 5.26. The molecule has 166 valence electrons. The standard InChI is InChI=1S/C28H48O/c1-17(2)8-7-9-18(3)21-10-11-22-24-19(4)25(29)28-16-20(28)12-15-27(28,6)23(24)13-14-26(21,22)5/h17-25,29H,7-16H2,1-6H3/t18-,19+,20+,21-,22+,23+,24+,25+,26-,27-,28+/m1/s1. The molecule has 0 radical (unpaired) electrons. The van der Waals surface area contributed by atoms with Gasteiger partial charge in [0, 0.05) is 5.41 Å². The number of hydrogen-bond donors (Lipinski definition) is 1. The Balaban J connectivity index is 1.38. The Labute approximate surface area is 180 Å². The monoisotopic (exact) mass is 400 g/mol. The van der Waals surface area contributed by atoms with E-state index in [0.29, 0.717) is 22.2 Å². The van der Waals surface area contributed by atoms with Crippen LogP contribution in [0.2, 0.25) is 0 Å². The summed E-state index contributed by atoms with van der Waals surface area (Å²) in [6.07, 6.45) is 14.2. The molecule has 1 N–H and O–H groups in total. The van der Waals surface area contributed by atoms with Crippen molar-refractivity contribution in [2.24, 2.45) is 63.6 Å². The maximum atomic E-state index is 11.6. The molecular formula is C28H48O. The van der Waals surface area contributed by atoms with Crippen LogP contribution in [0.25, 0.3) is 0 Å². The summed E-state index contributed by atoms with van der Waals surface area (Å²) in [6.45, 7) is 15.1. The van der Waals surface area contributed by atoms with Gasteiger partial charge in [-0.2, -0.15) is 0 Å². The van der Waals surface area contributed by atoms with Crippen molar-refractivity contribution in [2.45, 2.75) is 112 Å². The first-order chi connectivity index (χ1) is 13.7. The quantitative estimate of drug-likeness (QED) is 0.512. The first-order valence-corrected chi connectivity index (χ1v) is 13.3. The zero-order valence-corrected chi connectivity index (χ0v) is 20.2. The van der Waals surface area contributed by atoms with Crippen molar-refractivity contribution in [3.05, 3.63) is 0 Å². The topological polar surface area (TPSA) is 20.2 Å². The van der Waals surface area contributed by atoms with Gasteiger partial charge in [-0.1, -0.05) is 60.8 Å². The lowest BCUT2D eigenvalue weighted by Crippen LogP contribution is -2.60. The second-order valence-electron chi connectivity index (χ2n) is 13.5. The van der Waals surface area contributed by atoms with Crippen molar-refractivity contribution < 1.29 is 5.11 Å². The third-order valence-corrected chi connectivity index (χ3v) is 12.2. The largest absolute Gasteiger partial charge is 0.392 e. The van der Waals surface area contributed by atoms with E-state index in [2.05, 4.69) is 41.5 Å². The van der Waals surface area contributed by atoms with Crippen LogP contribution in [0, 0.1) is 63.6 Å². The number of aliphatic hydroxyl groups is 1. The molecule has 1 heteroatoms. The molecule has 0 aromatic heterocycles. The summed E-state index contributed by atoms with van der Waals surface area (Å²) in [5.74, 6) is 6.58. The van der Waals surface area contributed by atoms with Crippen molar-refractivity contribution in [3.8, 4) is 0 Å². The summed E-state index contributed by atoms with van der Waals surface area (Å²) < 4.78 is 0. The molecule has 0 aromatic carbocycles. The average molecular weight is 401 g/mol. The van der Waals surface area contributed by atoms with Crippen molar-refractivity contribution >= 4 is 0 Å². The van der Waals surface area contributed by atoms with Crippen LogP contribution in [0.15, 0.2) is 0 Å². The predicted molar refractivity (Wildman–Crippen MR) is 121 cm³/mol. The number of hydrogen-bond acceptors (Lipinski definition) is 1. The molecule has 0 aromatic rings. The number of aliphatic hydroxyl groups excluding tert-OH is 1. The summed E-state index contributed by atoms with van der Waals surface area (Å²) in [7, 11) is 0. The lowest BCUT2D eigenvalue weighted by molar-refractivity contribution is -0.182. The summed E-state index contributed by atoms with van der Waals surface area (Å²) in [4.78, 5) is 0. The fourth-order valence-corrected chi connectivity index (χ4v) is 10.7. The van der Waals surface area contributed by atoms with E-state index < -0.39 is 0 Å². The van der Waals surface area contributed by atoms with Crippen molar-refractivity contribution in [1.29, 1.82) is 0 Å². The minimum atomic E-state index is -0.0221. The molecule has 5 saturated carbocycles. The number of rotatable bonds is 5. The van der Waals surface area contributed by atoms with Gasteiger partial charge >= 0.3 is 0 Å². The molecule has 1 spiro atoms. The molecule has 0 heterocycles. The molecule has 1 nitrogen and oxygen atoms in total. The maximum Gasteiger partial charge on any atom is 0.0632 e. The Kier molecular flexibility index (Phi) is 4.83. The fourth-order valence-electron chi connectivity index (χ4n) is 10.7. The van der Waals surface area contributed by atoms with Gasteiger partial charge in [-0.25, -0.2) is 0 Å². The molecular weight excluding hydrogens is 352 g/mol. The molecule has 0 saturated heterocycles.